The maximum Gasteiger partial charge on any atom is 0.324 e. The van der Waals surface area contributed by atoms with Crippen molar-refractivity contribution >= 4 is 56.5 Å². The molecule has 9 nitrogen and oxygen atoms in total. The summed E-state index contributed by atoms with van der Waals surface area (Å²) in [7, 11) is -3.07. The number of anilines is 2. The molecule has 0 aliphatic carbocycles. The summed E-state index contributed by atoms with van der Waals surface area (Å²) in [5.74, 6) is 0.262. The molecule has 1 aromatic heterocycles. The fraction of sp³-hybridized carbons (Fsp3) is 0.346. The molecule has 2 aromatic carbocycles. The van der Waals surface area contributed by atoms with E-state index in [0.29, 0.717) is 22.2 Å². The van der Waals surface area contributed by atoms with Gasteiger partial charge >= 0.3 is 6.03 Å². The van der Waals surface area contributed by atoms with Crippen LogP contribution in [0.4, 0.5) is 16.3 Å². The van der Waals surface area contributed by atoms with Gasteiger partial charge in [-0.2, -0.15) is 5.10 Å². The van der Waals surface area contributed by atoms with Gasteiger partial charge in [0, 0.05) is 24.6 Å². The van der Waals surface area contributed by atoms with Gasteiger partial charge in [-0.05, 0) is 29.8 Å². The van der Waals surface area contributed by atoms with Gasteiger partial charge in [0.2, 0.25) is 5.91 Å². The van der Waals surface area contributed by atoms with Crippen LogP contribution in [0.1, 0.15) is 32.0 Å². The summed E-state index contributed by atoms with van der Waals surface area (Å²) >= 11 is 12.3. The summed E-state index contributed by atoms with van der Waals surface area (Å²) in [6.07, 6.45) is 0.123. The number of carbonyl (C=O) groups excluding carboxylic acids is 2. The van der Waals surface area contributed by atoms with Crippen LogP contribution < -0.4 is 10.6 Å². The van der Waals surface area contributed by atoms with E-state index in [-0.39, 0.29) is 47.4 Å². The molecule has 3 aromatic rings. The van der Waals surface area contributed by atoms with Gasteiger partial charge in [0.15, 0.2) is 9.84 Å². The lowest BCUT2D eigenvalue weighted by molar-refractivity contribution is -0.130. The first-order valence-electron chi connectivity index (χ1n) is 12.0. The van der Waals surface area contributed by atoms with Crippen LogP contribution >= 0.6 is 23.2 Å². The van der Waals surface area contributed by atoms with Crippen molar-refractivity contribution in [2.45, 2.75) is 32.6 Å². The number of carbonyl (C=O) groups is 2. The largest absolute Gasteiger partial charge is 0.340 e. The molecule has 1 aliphatic rings. The quantitative estimate of drug-likeness (QED) is 0.446. The van der Waals surface area contributed by atoms with Crippen LogP contribution in [0.15, 0.2) is 48.5 Å². The molecule has 38 heavy (non-hydrogen) atoms. The number of nitrogens with one attached hydrogen (secondary N) is 2. The molecule has 2 N–H and O–H groups in total. The Morgan fingerprint density at radius 2 is 1.68 bits per heavy atom. The van der Waals surface area contributed by atoms with Crippen LogP contribution in [0.3, 0.4) is 0 Å². The van der Waals surface area contributed by atoms with Crippen molar-refractivity contribution in [1.29, 1.82) is 0 Å². The van der Waals surface area contributed by atoms with E-state index in [9.17, 15) is 18.0 Å². The summed E-state index contributed by atoms with van der Waals surface area (Å²) in [6.45, 7) is 6.46. The number of hydrogen-bond acceptors (Lipinski definition) is 5. The Bertz CT molecular complexity index is 1470. The monoisotopic (exact) mass is 577 g/mol. The SMILES string of the molecule is CC(C)(C)c1cc(NC(=O)Nc2cccc(Cl)c2Cl)n(-c2cccc(CC(=O)N3CCS(=O)(=O)CC3)c2)n1. The highest BCUT2D eigenvalue weighted by Gasteiger charge is 2.25. The zero-order chi connectivity index (χ0) is 27.7. The molecular formula is C26H29Cl2N5O4S. The van der Waals surface area contributed by atoms with Crippen LogP contribution in [0.25, 0.3) is 5.69 Å². The first-order chi connectivity index (χ1) is 17.8. The van der Waals surface area contributed by atoms with E-state index in [1.165, 1.54) is 0 Å². The Morgan fingerprint density at radius 3 is 2.37 bits per heavy atom. The van der Waals surface area contributed by atoms with Gasteiger partial charge in [-0.15, -0.1) is 0 Å². The van der Waals surface area contributed by atoms with Crippen molar-refractivity contribution in [3.8, 4) is 5.69 Å². The van der Waals surface area contributed by atoms with Crippen LogP contribution in [0.2, 0.25) is 10.0 Å². The van der Waals surface area contributed by atoms with E-state index in [0.717, 1.165) is 11.3 Å². The van der Waals surface area contributed by atoms with Gasteiger partial charge in [0.1, 0.15) is 5.82 Å². The Labute approximate surface area is 232 Å². The van der Waals surface area contributed by atoms with Gasteiger partial charge in [0.05, 0.1) is 45.0 Å². The van der Waals surface area contributed by atoms with Gasteiger partial charge in [-0.1, -0.05) is 62.2 Å². The summed E-state index contributed by atoms with van der Waals surface area (Å²) < 4.78 is 25.0. The fourth-order valence-corrected chi connectivity index (χ4v) is 5.50. The molecule has 0 atom stereocenters. The number of sulfone groups is 1. The first kappa shape index (κ1) is 27.9. The molecule has 12 heteroatoms. The number of benzene rings is 2. The van der Waals surface area contributed by atoms with Crippen molar-refractivity contribution < 1.29 is 18.0 Å². The molecule has 4 rings (SSSR count). The third-order valence-electron chi connectivity index (χ3n) is 6.13. The number of hydrogen-bond donors (Lipinski definition) is 2. The number of aromatic nitrogens is 2. The second-order valence-electron chi connectivity index (χ2n) is 10.1. The molecule has 0 saturated carbocycles. The summed E-state index contributed by atoms with van der Waals surface area (Å²) in [5, 5.41) is 10.8. The van der Waals surface area contributed by atoms with E-state index < -0.39 is 15.9 Å². The minimum absolute atomic E-state index is 0.0147. The Hall–Kier alpha value is -3.08. The highest BCUT2D eigenvalue weighted by molar-refractivity contribution is 7.91. The van der Waals surface area contributed by atoms with Crippen LogP contribution in [0.5, 0.6) is 0 Å². The van der Waals surface area contributed by atoms with Crippen LogP contribution in [-0.2, 0) is 26.5 Å². The number of rotatable bonds is 5. The number of halogens is 2. The Kier molecular flexibility index (Phi) is 8.06. The van der Waals surface area contributed by atoms with Gasteiger partial charge in [-0.25, -0.2) is 17.9 Å². The fourth-order valence-electron chi connectivity index (χ4n) is 3.95. The normalized spacial score (nSPS) is 15.2. The van der Waals surface area contributed by atoms with Crippen LogP contribution in [-0.4, -0.2) is 59.6 Å². The average Bonchev–Trinajstić information content (AvgIpc) is 3.26. The number of amides is 3. The molecule has 1 aliphatic heterocycles. The molecule has 202 valence electrons. The summed E-state index contributed by atoms with van der Waals surface area (Å²) in [4.78, 5) is 27.3. The van der Waals surface area contributed by atoms with Gasteiger partial charge in [-0.3, -0.25) is 10.1 Å². The molecule has 2 heterocycles. The van der Waals surface area contributed by atoms with Crippen molar-refractivity contribution in [2.24, 2.45) is 0 Å². The molecule has 3 amide bonds. The van der Waals surface area contributed by atoms with E-state index >= 15 is 0 Å². The highest BCUT2D eigenvalue weighted by Crippen LogP contribution is 2.30. The van der Waals surface area contributed by atoms with Crippen molar-refractivity contribution in [2.75, 3.05) is 35.2 Å². The lowest BCUT2D eigenvalue weighted by Crippen LogP contribution is -2.44. The second-order valence-corrected chi connectivity index (χ2v) is 13.2. The lowest BCUT2D eigenvalue weighted by Gasteiger charge is -2.26. The Balaban J connectivity index is 1.57. The zero-order valence-corrected chi connectivity index (χ0v) is 23.6. The summed E-state index contributed by atoms with van der Waals surface area (Å²) in [5.41, 5.74) is 2.23. The molecule has 0 radical (unpaired) electrons. The predicted octanol–water partition coefficient (Wildman–Crippen LogP) is 4.92. The number of urea groups is 1. The molecule has 1 saturated heterocycles. The van der Waals surface area contributed by atoms with Crippen molar-refractivity contribution in [1.82, 2.24) is 14.7 Å². The third kappa shape index (κ3) is 6.67. The topological polar surface area (TPSA) is 113 Å². The maximum atomic E-state index is 12.9. The predicted molar refractivity (Wildman–Crippen MR) is 150 cm³/mol. The minimum atomic E-state index is -3.07. The maximum absolute atomic E-state index is 12.9. The second kappa shape index (κ2) is 11.0. The van der Waals surface area contributed by atoms with E-state index in [4.69, 9.17) is 28.3 Å². The smallest absolute Gasteiger partial charge is 0.324 e. The van der Waals surface area contributed by atoms with Gasteiger partial charge < -0.3 is 10.2 Å². The third-order valence-corrected chi connectivity index (χ3v) is 8.55. The minimum Gasteiger partial charge on any atom is -0.340 e. The first-order valence-corrected chi connectivity index (χ1v) is 14.6. The standard InChI is InChI=1S/C26H29Cl2N5O4S/c1-26(2,3)21-16-22(30-25(35)29-20-9-5-8-19(27)24(20)28)33(31-21)18-7-4-6-17(14-18)15-23(34)32-10-12-38(36,37)13-11-32/h4-9,14,16H,10-13,15H2,1-3H3,(H2,29,30,35). The zero-order valence-electron chi connectivity index (χ0n) is 21.3. The number of nitrogens with zero attached hydrogens (tertiary/aromatic N) is 3. The van der Waals surface area contributed by atoms with Crippen molar-refractivity contribution in [3.63, 3.8) is 0 Å². The van der Waals surface area contributed by atoms with E-state index in [1.54, 1.807) is 33.8 Å². The molecule has 0 spiro atoms. The highest BCUT2D eigenvalue weighted by atomic mass is 35.5. The molecule has 0 bridgehead atoms. The molecule has 1 fully saturated rings. The summed E-state index contributed by atoms with van der Waals surface area (Å²) in [6, 6.07) is 13.5. The molecule has 0 unspecified atom stereocenters. The molecular weight excluding hydrogens is 549 g/mol. The van der Waals surface area contributed by atoms with Gasteiger partial charge in [0.25, 0.3) is 0 Å². The van der Waals surface area contributed by atoms with Crippen molar-refractivity contribution in [3.05, 3.63) is 69.8 Å². The average molecular weight is 579 g/mol. The Morgan fingerprint density at radius 1 is 1.00 bits per heavy atom. The van der Waals surface area contributed by atoms with E-state index in [1.807, 2.05) is 45.0 Å². The van der Waals surface area contributed by atoms with E-state index in [2.05, 4.69) is 10.6 Å². The lowest BCUT2D eigenvalue weighted by atomic mass is 9.92. The van der Waals surface area contributed by atoms with Crippen LogP contribution in [0, 0.1) is 0 Å².